The molecule has 1 aromatic heterocycles. The van der Waals surface area contributed by atoms with Gasteiger partial charge in [-0.25, -0.2) is 0 Å². The molecular formula is C58H79N7. The quantitative estimate of drug-likeness (QED) is 0.0222. The van der Waals surface area contributed by atoms with Gasteiger partial charge in [-0.05, 0) is 119 Å². The maximum absolute atomic E-state index is 4.55. The minimum atomic E-state index is -0.0884. The fourth-order valence-corrected chi connectivity index (χ4v) is 7.55. The summed E-state index contributed by atoms with van der Waals surface area (Å²) in [5, 5.41) is 24.1. The van der Waals surface area contributed by atoms with Crippen LogP contribution in [0.4, 0.5) is 0 Å². The summed E-state index contributed by atoms with van der Waals surface area (Å²) in [4.78, 5) is 4.32. The van der Waals surface area contributed by atoms with Crippen molar-refractivity contribution in [2.75, 3.05) is 6.54 Å². The first-order chi connectivity index (χ1) is 30.6. The van der Waals surface area contributed by atoms with Crippen LogP contribution in [0.3, 0.4) is 0 Å². The molecule has 7 heteroatoms. The second-order valence-electron chi connectivity index (χ2n) is 17.4. The monoisotopic (exact) mass is 874 g/mol. The highest BCUT2D eigenvalue weighted by molar-refractivity contribution is 5.83. The third-order valence-corrected chi connectivity index (χ3v) is 11.5. The Hall–Kier alpha value is -6.47. The summed E-state index contributed by atoms with van der Waals surface area (Å²) in [6, 6.07) is 27.8. The number of hydrogen-bond donors (Lipinski definition) is 6. The van der Waals surface area contributed by atoms with Gasteiger partial charge in [0.1, 0.15) is 0 Å². The van der Waals surface area contributed by atoms with E-state index in [-0.39, 0.29) is 31.6 Å². The van der Waals surface area contributed by atoms with Crippen LogP contribution >= 0.6 is 0 Å². The fraction of sp³-hybridized carbons (Fsp3) is 0.328. The molecule has 7 nitrogen and oxygen atoms in total. The topological polar surface area (TPSA) is 85.1 Å². The molecule has 4 aromatic rings. The number of unbranched alkanes of at least 4 members (excludes halogenated alkanes) is 1. The molecule has 0 aliphatic heterocycles. The molecule has 0 fully saturated rings. The molecule has 6 N–H and O–H groups in total. The number of hydrogen-bond acceptors (Lipinski definition) is 7. The number of aryl methyl sites for hydroxylation is 1. The van der Waals surface area contributed by atoms with Gasteiger partial charge in [-0.2, -0.15) is 0 Å². The van der Waals surface area contributed by atoms with Crippen LogP contribution in [-0.2, 0) is 13.0 Å². The van der Waals surface area contributed by atoms with Crippen molar-refractivity contribution in [3.63, 3.8) is 0 Å². The molecule has 0 aliphatic carbocycles. The van der Waals surface area contributed by atoms with E-state index in [0.29, 0.717) is 6.54 Å². The molecule has 3 aromatic carbocycles. The van der Waals surface area contributed by atoms with Crippen LogP contribution in [-0.4, -0.2) is 35.7 Å². The highest BCUT2D eigenvalue weighted by Crippen LogP contribution is 2.21. The van der Waals surface area contributed by atoms with Gasteiger partial charge in [0.15, 0.2) is 0 Å². The molecule has 4 atom stereocenters. The second-order valence-corrected chi connectivity index (χ2v) is 17.4. The molecule has 0 spiro atoms. The van der Waals surface area contributed by atoms with E-state index in [4.69, 9.17) is 0 Å². The predicted octanol–water partition coefficient (Wildman–Crippen LogP) is 12.7. The Morgan fingerprint density at radius 3 is 1.88 bits per heavy atom. The van der Waals surface area contributed by atoms with E-state index in [2.05, 4.69) is 184 Å². The van der Waals surface area contributed by atoms with Gasteiger partial charge in [0.2, 0.25) is 0 Å². The Kier molecular flexibility index (Phi) is 22.0. The SMILES string of the molecule is C.C=CCCC(NC(=C)c1ccnc(C)c1)C(=C)NCc1ccc(C(=C)NC(Cc2ccc3ccccc3c2)C(=C)NCCCCC(NC(=C)NC(CCC(=C)C)C(=C)C)C(=C)C)cc1. The van der Waals surface area contributed by atoms with Gasteiger partial charge in [0.25, 0.3) is 0 Å². The summed E-state index contributed by atoms with van der Waals surface area (Å²) < 4.78 is 0. The number of aromatic nitrogens is 1. The van der Waals surface area contributed by atoms with Crippen LogP contribution in [0.1, 0.15) is 101 Å². The van der Waals surface area contributed by atoms with Gasteiger partial charge in [-0.1, -0.05) is 143 Å². The van der Waals surface area contributed by atoms with E-state index in [9.17, 15) is 0 Å². The van der Waals surface area contributed by atoms with Crippen molar-refractivity contribution >= 4 is 22.2 Å². The minimum Gasteiger partial charge on any atom is -0.387 e. The Labute approximate surface area is 393 Å². The third-order valence-electron chi connectivity index (χ3n) is 11.5. The van der Waals surface area contributed by atoms with Crippen molar-refractivity contribution in [1.29, 1.82) is 0 Å². The molecule has 0 saturated heterocycles. The first kappa shape index (κ1) is 52.9. The highest BCUT2D eigenvalue weighted by atomic mass is 15.1. The van der Waals surface area contributed by atoms with Crippen LogP contribution in [0, 0.1) is 6.92 Å². The number of rotatable bonds is 31. The van der Waals surface area contributed by atoms with E-state index in [1.54, 1.807) is 0 Å². The van der Waals surface area contributed by atoms with Crippen molar-refractivity contribution in [3.8, 4) is 0 Å². The summed E-state index contributed by atoms with van der Waals surface area (Å²) in [5.41, 5.74) is 12.2. The first-order valence-corrected chi connectivity index (χ1v) is 22.7. The number of benzene rings is 3. The lowest BCUT2D eigenvalue weighted by atomic mass is 9.99. The van der Waals surface area contributed by atoms with Crippen molar-refractivity contribution in [2.24, 2.45) is 0 Å². The number of nitrogens with zero attached hydrogens (tertiary/aromatic N) is 1. The summed E-state index contributed by atoms with van der Waals surface area (Å²) in [7, 11) is 0. The van der Waals surface area contributed by atoms with Crippen LogP contribution in [0.2, 0.25) is 0 Å². The lowest BCUT2D eigenvalue weighted by Gasteiger charge is -2.27. The average molecular weight is 874 g/mol. The summed E-state index contributed by atoms with van der Waals surface area (Å²) in [6.45, 7) is 48.1. The van der Waals surface area contributed by atoms with Gasteiger partial charge >= 0.3 is 0 Å². The smallest absolute Gasteiger partial charge is 0.0921 e. The lowest BCUT2D eigenvalue weighted by molar-refractivity contribution is 0.495. The lowest BCUT2D eigenvalue weighted by Crippen LogP contribution is -2.40. The largest absolute Gasteiger partial charge is 0.387 e. The fourth-order valence-electron chi connectivity index (χ4n) is 7.55. The Morgan fingerprint density at radius 2 is 1.23 bits per heavy atom. The van der Waals surface area contributed by atoms with Gasteiger partial charge in [0.05, 0.1) is 17.9 Å². The van der Waals surface area contributed by atoms with E-state index < -0.39 is 0 Å². The predicted molar refractivity (Wildman–Crippen MR) is 285 cm³/mol. The van der Waals surface area contributed by atoms with Crippen LogP contribution in [0.5, 0.6) is 0 Å². The molecule has 0 radical (unpaired) electrons. The zero-order valence-electron chi connectivity index (χ0n) is 39.4. The minimum absolute atomic E-state index is 0. The van der Waals surface area contributed by atoms with Gasteiger partial charge in [-0.3, -0.25) is 4.98 Å². The van der Waals surface area contributed by atoms with E-state index >= 15 is 0 Å². The average Bonchev–Trinajstić information content (AvgIpc) is 3.27. The molecule has 0 aliphatic rings. The van der Waals surface area contributed by atoms with E-state index in [1.807, 2.05) is 31.3 Å². The van der Waals surface area contributed by atoms with Crippen molar-refractivity contribution in [3.05, 3.63) is 212 Å². The Morgan fingerprint density at radius 1 is 0.615 bits per heavy atom. The number of fused-ring (bicyclic) bond motifs is 1. The molecule has 0 saturated carbocycles. The summed E-state index contributed by atoms with van der Waals surface area (Å²) in [5.74, 6) is 0.797. The molecule has 65 heavy (non-hydrogen) atoms. The zero-order chi connectivity index (χ0) is 46.6. The van der Waals surface area contributed by atoms with Crippen molar-refractivity contribution < 1.29 is 0 Å². The first-order valence-electron chi connectivity index (χ1n) is 22.7. The molecule has 0 amide bonds. The molecule has 346 valence electrons. The van der Waals surface area contributed by atoms with E-state index in [0.717, 1.165) is 120 Å². The molecular weight excluding hydrogens is 795 g/mol. The maximum atomic E-state index is 4.55. The van der Waals surface area contributed by atoms with Crippen LogP contribution < -0.4 is 31.9 Å². The van der Waals surface area contributed by atoms with Crippen molar-refractivity contribution in [1.82, 2.24) is 36.9 Å². The van der Waals surface area contributed by atoms with Crippen LogP contribution in [0.25, 0.3) is 22.2 Å². The highest BCUT2D eigenvalue weighted by Gasteiger charge is 2.18. The van der Waals surface area contributed by atoms with Crippen LogP contribution in [0.15, 0.2) is 184 Å². The van der Waals surface area contributed by atoms with Gasteiger partial charge in [0, 0.05) is 65.4 Å². The summed E-state index contributed by atoms with van der Waals surface area (Å²) in [6.07, 6.45) is 11.0. The van der Waals surface area contributed by atoms with Crippen molar-refractivity contribution in [2.45, 2.75) is 117 Å². The zero-order valence-corrected chi connectivity index (χ0v) is 39.4. The second kappa shape index (κ2) is 27.0. The molecule has 1 heterocycles. The van der Waals surface area contributed by atoms with Gasteiger partial charge < -0.3 is 31.9 Å². The molecule has 4 rings (SSSR count). The Bertz CT molecular complexity index is 2280. The molecule has 0 bridgehead atoms. The summed E-state index contributed by atoms with van der Waals surface area (Å²) >= 11 is 0. The Balaban J connectivity index is 0.0000112. The number of allylic oxidation sites excluding steroid dienone is 2. The van der Waals surface area contributed by atoms with E-state index in [1.165, 1.54) is 21.9 Å². The molecule has 4 unspecified atom stereocenters. The van der Waals surface area contributed by atoms with Gasteiger partial charge in [-0.15, -0.1) is 13.2 Å². The number of nitrogens with one attached hydrogen (secondary N) is 6. The standard InChI is InChI=1S/C57H75N7.CH4/c1-14-15-22-56(61-44(10)52-32-34-58-42(8)35-52)45(11)60-38-48-25-28-50(29-26-48)43(9)62-57(37-49-27-30-51-20-16-17-21-53(51)36-49)46(12)59-33-19-18-23-54(40(4)5)63-47(13)64-55(41(6)7)31-24-39(2)3;/h14,16-17,20-21,25-30,32,34-36,54-57,59-64H,1-2,4,6,9-13,15,18-19,22-24,31,33,37-38H2,3,5,7-8H3;1H4. The normalized spacial score (nSPS) is 12.5. The maximum Gasteiger partial charge on any atom is 0.0921 e. The third kappa shape index (κ3) is 17.9. The number of pyridine rings is 1.